The summed E-state index contributed by atoms with van der Waals surface area (Å²) in [7, 11) is 0. The summed E-state index contributed by atoms with van der Waals surface area (Å²) < 4.78 is 5.74. The molecule has 1 aromatic rings. The van der Waals surface area contributed by atoms with Crippen molar-refractivity contribution in [3.63, 3.8) is 0 Å². The van der Waals surface area contributed by atoms with Crippen molar-refractivity contribution in [1.82, 2.24) is 10.6 Å². The lowest BCUT2D eigenvalue weighted by Gasteiger charge is -2.23. The van der Waals surface area contributed by atoms with Gasteiger partial charge in [0, 0.05) is 6.04 Å². The fourth-order valence-corrected chi connectivity index (χ4v) is 2.87. The lowest BCUT2D eigenvalue weighted by Crippen LogP contribution is -2.44. The number of ether oxygens (including phenoxy) is 1. The molecule has 0 atom stereocenters. The van der Waals surface area contributed by atoms with E-state index in [0.717, 1.165) is 18.6 Å². The van der Waals surface area contributed by atoms with Crippen molar-refractivity contribution >= 4 is 6.03 Å². The summed E-state index contributed by atoms with van der Waals surface area (Å²) in [5.41, 5.74) is 1.36. The maximum absolute atomic E-state index is 11.8. The maximum atomic E-state index is 11.8. The van der Waals surface area contributed by atoms with Gasteiger partial charge in [0.15, 0.2) is 0 Å². The predicted molar refractivity (Wildman–Crippen MR) is 94.0 cm³/mol. The van der Waals surface area contributed by atoms with E-state index >= 15 is 0 Å². The van der Waals surface area contributed by atoms with E-state index in [1.807, 2.05) is 12.1 Å². The summed E-state index contributed by atoms with van der Waals surface area (Å²) >= 11 is 0. The Kier molecular flexibility index (Phi) is 6.31. The molecule has 0 aromatic heterocycles. The van der Waals surface area contributed by atoms with Gasteiger partial charge in [0.05, 0.1) is 6.54 Å². The van der Waals surface area contributed by atoms with Gasteiger partial charge in [-0.2, -0.15) is 0 Å². The summed E-state index contributed by atoms with van der Waals surface area (Å²) in [5, 5.41) is 5.91. The average Bonchev–Trinajstić information content (AvgIpc) is 2.52. The highest BCUT2D eigenvalue weighted by atomic mass is 16.5. The number of carbonyl (C=O) groups is 1. The first-order valence-electron chi connectivity index (χ1n) is 8.73. The smallest absolute Gasteiger partial charge is 0.315 e. The average molecular weight is 318 g/mol. The van der Waals surface area contributed by atoms with Gasteiger partial charge in [-0.15, -0.1) is 0 Å². The van der Waals surface area contributed by atoms with Crippen LogP contribution in [-0.4, -0.2) is 25.2 Å². The highest BCUT2D eigenvalue weighted by Gasteiger charge is 2.15. The molecule has 2 amide bonds. The number of urea groups is 1. The molecule has 0 aliphatic heterocycles. The van der Waals surface area contributed by atoms with Crippen molar-refractivity contribution < 1.29 is 9.53 Å². The maximum Gasteiger partial charge on any atom is 0.315 e. The van der Waals surface area contributed by atoms with Crippen molar-refractivity contribution in [2.24, 2.45) is 0 Å². The molecular formula is C19H30N2O2. The van der Waals surface area contributed by atoms with Crippen LogP contribution < -0.4 is 15.4 Å². The molecule has 0 spiro atoms. The Hall–Kier alpha value is -1.71. The molecule has 2 N–H and O–H groups in total. The topological polar surface area (TPSA) is 50.4 Å². The number of amides is 2. The lowest BCUT2D eigenvalue weighted by atomic mass is 9.87. The molecule has 1 aliphatic rings. The van der Waals surface area contributed by atoms with Crippen molar-refractivity contribution in [1.29, 1.82) is 0 Å². The van der Waals surface area contributed by atoms with Crippen molar-refractivity contribution in [2.45, 2.75) is 64.3 Å². The number of benzene rings is 1. The van der Waals surface area contributed by atoms with Crippen LogP contribution in [0, 0.1) is 0 Å². The summed E-state index contributed by atoms with van der Waals surface area (Å²) in [5.74, 6) is 0.854. The number of hydrogen-bond acceptors (Lipinski definition) is 2. The molecule has 4 heteroatoms. The fourth-order valence-electron chi connectivity index (χ4n) is 2.87. The highest BCUT2D eigenvalue weighted by molar-refractivity contribution is 5.74. The molecule has 0 bridgehead atoms. The first-order chi connectivity index (χ1) is 10.9. The van der Waals surface area contributed by atoms with Gasteiger partial charge >= 0.3 is 6.03 Å². The largest absolute Gasteiger partial charge is 0.492 e. The molecular weight excluding hydrogens is 288 g/mol. The zero-order chi connectivity index (χ0) is 16.7. The Labute approximate surface area is 140 Å². The minimum Gasteiger partial charge on any atom is -0.492 e. The molecule has 2 rings (SSSR count). The highest BCUT2D eigenvalue weighted by Crippen LogP contribution is 2.25. The predicted octanol–water partition coefficient (Wildman–Crippen LogP) is 3.99. The first-order valence-corrected chi connectivity index (χ1v) is 8.73. The second-order valence-corrected chi connectivity index (χ2v) is 7.36. The molecule has 1 saturated carbocycles. The summed E-state index contributed by atoms with van der Waals surface area (Å²) in [6, 6.07) is 8.42. The molecule has 1 aliphatic carbocycles. The normalized spacial score (nSPS) is 16.0. The van der Waals surface area contributed by atoms with Gasteiger partial charge < -0.3 is 15.4 Å². The monoisotopic (exact) mass is 318 g/mol. The SMILES string of the molecule is CC(C)(C)c1cccc(OCCNC(=O)NC2CCCCC2)c1. The summed E-state index contributed by atoms with van der Waals surface area (Å²) in [6.45, 7) is 7.54. The Balaban J connectivity index is 1.68. The third kappa shape index (κ3) is 6.12. The molecule has 0 saturated heterocycles. The third-order valence-corrected chi connectivity index (χ3v) is 4.30. The molecule has 0 heterocycles. The van der Waals surface area contributed by atoms with Crippen LogP contribution in [0.5, 0.6) is 5.75 Å². The van der Waals surface area contributed by atoms with Gasteiger partial charge in [0.25, 0.3) is 0 Å². The van der Waals surface area contributed by atoms with Crippen LogP contribution >= 0.6 is 0 Å². The zero-order valence-corrected chi connectivity index (χ0v) is 14.7. The van der Waals surface area contributed by atoms with Crippen LogP contribution in [0.15, 0.2) is 24.3 Å². The Bertz CT molecular complexity index is 502. The minimum atomic E-state index is -0.0797. The second kappa shape index (κ2) is 8.23. The van der Waals surface area contributed by atoms with Gasteiger partial charge in [-0.1, -0.05) is 52.2 Å². The Morgan fingerprint density at radius 1 is 1.22 bits per heavy atom. The van der Waals surface area contributed by atoms with Crippen LogP contribution in [0.25, 0.3) is 0 Å². The summed E-state index contributed by atoms with van der Waals surface area (Å²) in [6.07, 6.45) is 5.94. The first kappa shape index (κ1) is 17.6. The lowest BCUT2D eigenvalue weighted by molar-refractivity contribution is 0.228. The molecule has 4 nitrogen and oxygen atoms in total. The van der Waals surface area contributed by atoms with Crippen molar-refractivity contribution in [2.75, 3.05) is 13.2 Å². The van der Waals surface area contributed by atoms with Crippen LogP contribution in [0.2, 0.25) is 0 Å². The molecule has 128 valence electrons. The number of carbonyl (C=O) groups excluding carboxylic acids is 1. The summed E-state index contributed by atoms with van der Waals surface area (Å²) in [4.78, 5) is 11.8. The van der Waals surface area contributed by atoms with Crippen LogP contribution in [0.1, 0.15) is 58.4 Å². The van der Waals surface area contributed by atoms with Crippen LogP contribution in [0.4, 0.5) is 4.79 Å². The van der Waals surface area contributed by atoms with E-state index in [-0.39, 0.29) is 11.4 Å². The standard InChI is InChI=1S/C19H30N2O2/c1-19(2,3)15-8-7-11-17(14-15)23-13-12-20-18(22)21-16-9-5-4-6-10-16/h7-8,11,14,16H,4-6,9-10,12-13H2,1-3H3,(H2,20,21,22). The fraction of sp³-hybridized carbons (Fsp3) is 0.632. The second-order valence-electron chi connectivity index (χ2n) is 7.36. The Morgan fingerprint density at radius 2 is 1.96 bits per heavy atom. The third-order valence-electron chi connectivity index (χ3n) is 4.30. The molecule has 0 unspecified atom stereocenters. The van der Waals surface area contributed by atoms with E-state index in [2.05, 4.69) is 43.5 Å². The van der Waals surface area contributed by atoms with E-state index < -0.39 is 0 Å². The van der Waals surface area contributed by atoms with Gasteiger partial charge in [-0.25, -0.2) is 4.79 Å². The Morgan fingerprint density at radius 3 is 2.65 bits per heavy atom. The van der Waals surface area contributed by atoms with Crippen LogP contribution in [0.3, 0.4) is 0 Å². The van der Waals surface area contributed by atoms with Gasteiger partial charge in [-0.3, -0.25) is 0 Å². The molecule has 23 heavy (non-hydrogen) atoms. The van der Waals surface area contributed by atoms with E-state index in [4.69, 9.17) is 4.74 Å². The quantitative estimate of drug-likeness (QED) is 0.806. The minimum absolute atomic E-state index is 0.0797. The van der Waals surface area contributed by atoms with Crippen LogP contribution in [-0.2, 0) is 5.41 Å². The number of rotatable bonds is 5. The van der Waals surface area contributed by atoms with Crippen molar-refractivity contribution in [3.8, 4) is 5.75 Å². The number of hydrogen-bond donors (Lipinski definition) is 2. The molecule has 1 aromatic carbocycles. The van der Waals surface area contributed by atoms with E-state index in [9.17, 15) is 4.79 Å². The van der Waals surface area contributed by atoms with Crippen molar-refractivity contribution in [3.05, 3.63) is 29.8 Å². The molecule has 1 fully saturated rings. The molecule has 0 radical (unpaired) electrons. The zero-order valence-electron chi connectivity index (χ0n) is 14.7. The van der Waals surface area contributed by atoms with E-state index in [0.29, 0.717) is 19.2 Å². The van der Waals surface area contributed by atoms with Gasteiger partial charge in [0.2, 0.25) is 0 Å². The van der Waals surface area contributed by atoms with Gasteiger partial charge in [0.1, 0.15) is 12.4 Å². The van der Waals surface area contributed by atoms with Gasteiger partial charge in [-0.05, 0) is 36.0 Å². The number of nitrogens with one attached hydrogen (secondary N) is 2. The van der Waals surface area contributed by atoms with E-state index in [1.165, 1.54) is 24.8 Å². The van der Waals surface area contributed by atoms with E-state index in [1.54, 1.807) is 0 Å².